The van der Waals surface area contributed by atoms with Crippen molar-refractivity contribution in [3.63, 3.8) is 0 Å². The SMILES string of the molecule is C#Cc1c(F)ccc2cccc(-c3ncc4c(N5CC6CCC(C5)N6)nc(OCCN5CCN(CC6CCN(CCOc7ccc(-c8nc9nc(O[C@@H]%10CO[C@H]%11[C@@H]%10OC[C@H]%11O)[nH]c9cc8Cl)cc7)CC6)CC5)nc4c3F)c12. The second kappa shape index (κ2) is 21.5. The Morgan fingerprint density at radius 3 is 2.35 bits per heavy atom. The third-order valence-corrected chi connectivity index (χ3v) is 16.6. The Balaban J connectivity index is 0.570. The van der Waals surface area contributed by atoms with Gasteiger partial charge in [-0.3, -0.25) is 14.8 Å². The molecular formula is C57H60ClF2N11O6. The van der Waals surface area contributed by atoms with Crippen LogP contribution >= 0.6 is 11.6 Å². The van der Waals surface area contributed by atoms with E-state index < -0.39 is 29.9 Å². The summed E-state index contributed by atoms with van der Waals surface area (Å²) in [5.74, 6) is 3.34. The van der Waals surface area contributed by atoms with Crippen molar-refractivity contribution in [3.8, 4) is 52.6 Å². The van der Waals surface area contributed by atoms with Gasteiger partial charge in [-0.1, -0.05) is 41.8 Å². The van der Waals surface area contributed by atoms with Crippen molar-refractivity contribution in [2.75, 3.05) is 103 Å². The number of nitrogens with one attached hydrogen (secondary N) is 2. The fourth-order valence-electron chi connectivity index (χ4n) is 12.2. The van der Waals surface area contributed by atoms with E-state index in [4.69, 9.17) is 51.7 Å². The van der Waals surface area contributed by atoms with Crippen LogP contribution in [0.2, 0.25) is 5.02 Å². The number of hydrogen-bond acceptors (Lipinski definition) is 16. The average Bonchev–Trinajstić information content (AvgIpc) is 4.24. The van der Waals surface area contributed by atoms with Crippen molar-refractivity contribution < 1.29 is 37.6 Å². The summed E-state index contributed by atoms with van der Waals surface area (Å²) in [6.45, 7) is 11.6. The molecule has 0 amide bonds. The van der Waals surface area contributed by atoms with E-state index in [0.717, 1.165) is 102 Å². The highest BCUT2D eigenvalue weighted by molar-refractivity contribution is 6.33. The minimum absolute atomic E-state index is 0.0431. The van der Waals surface area contributed by atoms with Crippen molar-refractivity contribution in [2.24, 2.45) is 5.92 Å². The molecule has 6 fully saturated rings. The summed E-state index contributed by atoms with van der Waals surface area (Å²) in [6, 6.07) is 19.0. The number of aliphatic hydroxyl groups excluding tert-OH is 1. The summed E-state index contributed by atoms with van der Waals surface area (Å²) in [5.41, 5.74) is 3.20. The summed E-state index contributed by atoms with van der Waals surface area (Å²) < 4.78 is 61.9. The Kier molecular flexibility index (Phi) is 14.0. The molecule has 2 unspecified atom stereocenters. The normalized spacial score (nSPS) is 24.3. The van der Waals surface area contributed by atoms with Gasteiger partial charge in [-0.25, -0.2) is 13.8 Å². The molecule has 3 N–H and O–H groups in total. The average molecular weight is 1070 g/mol. The molecule has 2 bridgehead atoms. The Labute approximate surface area is 449 Å². The number of anilines is 1. The number of H-pyrrole nitrogens is 1. The van der Waals surface area contributed by atoms with E-state index in [-0.39, 0.29) is 35.5 Å². The number of aromatic amines is 1. The number of fused-ring (bicyclic) bond motifs is 6. The zero-order valence-corrected chi connectivity index (χ0v) is 43.3. The molecular weight excluding hydrogens is 1010 g/mol. The van der Waals surface area contributed by atoms with Crippen LogP contribution in [0.5, 0.6) is 17.8 Å². The van der Waals surface area contributed by atoms with E-state index in [2.05, 4.69) is 50.8 Å². The first kappa shape index (κ1) is 50.2. The molecule has 0 aliphatic carbocycles. The first-order chi connectivity index (χ1) is 37.7. The molecule has 20 heteroatoms. The fraction of sp³-hybridized carbons (Fsp3) is 0.456. The number of aliphatic hydroxyl groups is 1. The molecule has 17 nitrogen and oxygen atoms in total. The summed E-state index contributed by atoms with van der Waals surface area (Å²) in [4.78, 5) is 36.4. The zero-order valence-electron chi connectivity index (χ0n) is 42.6. The van der Waals surface area contributed by atoms with E-state index in [1.54, 1.807) is 30.5 Å². The highest BCUT2D eigenvalue weighted by atomic mass is 35.5. The third kappa shape index (κ3) is 10.2. The maximum atomic E-state index is 17.0. The van der Waals surface area contributed by atoms with Crippen LogP contribution in [-0.2, 0) is 9.47 Å². The van der Waals surface area contributed by atoms with Gasteiger partial charge in [0.1, 0.15) is 60.1 Å². The quantitative estimate of drug-likeness (QED) is 0.0973. The number of hydrogen-bond donors (Lipinski definition) is 3. The van der Waals surface area contributed by atoms with Crippen molar-refractivity contribution in [1.29, 1.82) is 0 Å². The van der Waals surface area contributed by atoms with E-state index in [1.165, 1.54) is 6.07 Å². The molecule has 0 saturated carbocycles. The fourth-order valence-corrected chi connectivity index (χ4v) is 12.5. The monoisotopic (exact) mass is 1070 g/mol. The molecule has 400 valence electrons. The molecule has 0 radical (unpaired) electrons. The maximum Gasteiger partial charge on any atom is 0.319 e. The number of aromatic nitrogens is 6. The number of pyridine rings is 2. The van der Waals surface area contributed by atoms with Crippen molar-refractivity contribution >= 4 is 50.3 Å². The van der Waals surface area contributed by atoms with Gasteiger partial charge >= 0.3 is 6.01 Å². The summed E-state index contributed by atoms with van der Waals surface area (Å²) in [5, 5.41) is 15.9. The molecule has 77 heavy (non-hydrogen) atoms. The number of benzene rings is 3. The van der Waals surface area contributed by atoms with Crippen LogP contribution in [-0.4, -0.2) is 185 Å². The van der Waals surface area contributed by atoms with Crippen LogP contribution in [0.15, 0.2) is 66.9 Å². The number of terminal acetylenes is 1. The Hall–Kier alpha value is -6.34. The Bertz CT molecular complexity index is 3340. The summed E-state index contributed by atoms with van der Waals surface area (Å²) >= 11 is 6.71. The summed E-state index contributed by atoms with van der Waals surface area (Å²) in [6.07, 6.45) is 10.1. The lowest BCUT2D eigenvalue weighted by molar-refractivity contribution is 0.00706. The first-order valence-electron chi connectivity index (χ1n) is 26.9. The van der Waals surface area contributed by atoms with Gasteiger partial charge in [-0.05, 0) is 86.5 Å². The van der Waals surface area contributed by atoms with Gasteiger partial charge in [0.25, 0.3) is 6.01 Å². The summed E-state index contributed by atoms with van der Waals surface area (Å²) in [7, 11) is 0. The molecule has 6 aliphatic heterocycles. The lowest BCUT2D eigenvalue weighted by atomic mass is 9.96. The molecule has 13 rings (SSSR count). The van der Waals surface area contributed by atoms with Gasteiger partial charge in [0.05, 0.1) is 40.4 Å². The van der Waals surface area contributed by atoms with Gasteiger partial charge in [0.2, 0.25) is 0 Å². The van der Waals surface area contributed by atoms with Gasteiger partial charge in [-0.15, -0.1) is 6.42 Å². The number of piperidine rings is 1. The van der Waals surface area contributed by atoms with Crippen LogP contribution in [0, 0.1) is 29.9 Å². The number of rotatable bonds is 15. The lowest BCUT2D eigenvalue weighted by Gasteiger charge is -2.38. The minimum Gasteiger partial charge on any atom is -0.492 e. The molecule has 7 aromatic rings. The number of halogens is 3. The van der Waals surface area contributed by atoms with Crippen LogP contribution in [0.3, 0.4) is 0 Å². The second-order valence-corrected chi connectivity index (χ2v) is 21.6. The molecule has 3 aromatic carbocycles. The van der Waals surface area contributed by atoms with Crippen molar-refractivity contribution in [3.05, 3.63) is 89.1 Å². The van der Waals surface area contributed by atoms with Crippen molar-refractivity contribution in [2.45, 2.75) is 62.2 Å². The number of nitrogens with zero attached hydrogens (tertiary/aromatic N) is 9. The second-order valence-electron chi connectivity index (χ2n) is 21.2. The van der Waals surface area contributed by atoms with Crippen LogP contribution in [0.1, 0.15) is 31.2 Å². The van der Waals surface area contributed by atoms with Crippen molar-refractivity contribution in [1.82, 2.24) is 49.9 Å². The van der Waals surface area contributed by atoms with E-state index in [9.17, 15) is 9.50 Å². The predicted molar refractivity (Wildman–Crippen MR) is 288 cm³/mol. The van der Waals surface area contributed by atoms with Gasteiger partial charge in [0.15, 0.2) is 17.6 Å². The standard InChI is InChI=1S/C57H60ClF2N11O6/c1-2-39-43(59)13-8-34-4-3-5-40(47(34)39)50-48(60)51-41(27-61-50)55(71-29-36-9-10-37(30-71)62-36)67-56(65-51)74-25-23-69-18-20-70(21-19-69)28-33-14-16-68(17-15-33)22-24-73-38-11-6-35(7-12-38)49-42(58)26-44-54(64-49)66-57(63-44)77-46-32-76-52-45(72)31-75-53(46)52/h1,3-8,11-13,26-27,33,36-37,45-46,52-53,62,72H,9-10,14-25,28-32H2,(H,63,64,66)/t36?,37?,45-,46-,52-,53-/m1/s1. The molecule has 0 spiro atoms. The van der Waals surface area contributed by atoms with Crippen LogP contribution < -0.4 is 24.4 Å². The van der Waals surface area contributed by atoms with Gasteiger partial charge in [0, 0.05) is 93.7 Å². The Morgan fingerprint density at radius 2 is 1.56 bits per heavy atom. The van der Waals surface area contributed by atoms with E-state index in [1.807, 2.05) is 30.3 Å². The lowest BCUT2D eigenvalue weighted by Crippen LogP contribution is -2.51. The number of imidazole rings is 1. The largest absolute Gasteiger partial charge is 0.492 e. The van der Waals surface area contributed by atoms with Crippen LogP contribution in [0.4, 0.5) is 14.6 Å². The molecule has 10 heterocycles. The molecule has 6 atom stereocenters. The first-order valence-corrected chi connectivity index (χ1v) is 27.3. The topological polar surface area (TPSA) is 172 Å². The van der Waals surface area contributed by atoms with E-state index >= 15 is 4.39 Å². The molecule has 4 aromatic heterocycles. The number of ether oxygens (including phenoxy) is 5. The minimum atomic E-state index is -0.658. The number of piperazine rings is 2. The highest BCUT2D eigenvalue weighted by Crippen LogP contribution is 2.38. The zero-order chi connectivity index (χ0) is 52.1. The third-order valence-electron chi connectivity index (χ3n) is 16.3. The highest BCUT2D eigenvalue weighted by Gasteiger charge is 2.49. The Morgan fingerprint density at radius 1 is 0.805 bits per heavy atom. The molecule has 6 aliphatic rings. The number of likely N-dealkylation sites (tertiary alicyclic amines) is 1. The van der Waals surface area contributed by atoms with Gasteiger partial charge < -0.3 is 48.9 Å². The van der Waals surface area contributed by atoms with Crippen LogP contribution in [0.25, 0.3) is 55.4 Å². The maximum absolute atomic E-state index is 17.0. The smallest absolute Gasteiger partial charge is 0.319 e. The predicted octanol–water partition coefficient (Wildman–Crippen LogP) is 6.33. The van der Waals surface area contributed by atoms with E-state index in [0.29, 0.717) is 99.8 Å². The molecule has 6 saturated heterocycles. The van der Waals surface area contributed by atoms with Gasteiger partial charge in [-0.2, -0.15) is 15.0 Å².